The minimum Gasteiger partial charge on any atom is -0.306 e. The van der Waals surface area contributed by atoms with Crippen LogP contribution in [0.15, 0.2) is 53.3 Å². The molecule has 1 fully saturated rings. The van der Waals surface area contributed by atoms with Gasteiger partial charge in [-0.2, -0.15) is 0 Å². The molecule has 0 aliphatic carbocycles. The second kappa shape index (κ2) is 7.69. The first-order chi connectivity index (χ1) is 13.1. The van der Waals surface area contributed by atoms with E-state index < -0.39 is 0 Å². The van der Waals surface area contributed by atoms with Crippen molar-refractivity contribution in [3.63, 3.8) is 0 Å². The molecular formula is C22H26FN3O. The number of nitrogens with one attached hydrogen (secondary N) is 1. The van der Waals surface area contributed by atoms with E-state index in [9.17, 15) is 9.18 Å². The third-order valence-corrected chi connectivity index (χ3v) is 5.86. The van der Waals surface area contributed by atoms with E-state index in [1.807, 2.05) is 41.0 Å². The number of H-pyrrole nitrogens is 1. The fraction of sp³-hybridized carbons (Fsp3) is 0.409. The third-order valence-electron chi connectivity index (χ3n) is 5.86. The predicted octanol–water partition coefficient (Wildman–Crippen LogP) is 4.30. The number of likely N-dealkylation sites (tertiary alicyclic amines) is 1. The molecule has 0 amide bonds. The van der Waals surface area contributed by atoms with E-state index in [2.05, 4.69) is 16.8 Å². The molecular weight excluding hydrogens is 341 g/mol. The normalized spacial score (nSPS) is 17.4. The Labute approximate surface area is 158 Å². The maximum absolute atomic E-state index is 13.1. The van der Waals surface area contributed by atoms with Crippen molar-refractivity contribution >= 4 is 11.0 Å². The summed E-state index contributed by atoms with van der Waals surface area (Å²) in [6, 6.07) is 15.0. The number of imidazole rings is 1. The van der Waals surface area contributed by atoms with Gasteiger partial charge < -0.3 is 9.88 Å². The number of aromatic amines is 1. The van der Waals surface area contributed by atoms with Gasteiger partial charge in [0, 0.05) is 19.1 Å². The summed E-state index contributed by atoms with van der Waals surface area (Å²) in [7, 11) is 0. The van der Waals surface area contributed by atoms with E-state index in [4.69, 9.17) is 0 Å². The summed E-state index contributed by atoms with van der Waals surface area (Å²) >= 11 is 0. The number of hydrogen-bond donors (Lipinski definition) is 1. The fourth-order valence-corrected chi connectivity index (χ4v) is 4.17. The summed E-state index contributed by atoms with van der Waals surface area (Å²) in [5.41, 5.74) is 3.11. The highest BCUT2D eigenvalue weighted by atomic mass is 19.1. The molecule has 1 aliphatic rings. The fourth-order valence-electron chi connectivity index (χ4n) is 4.17. The molecule has 5 heteroatoms. The van der Waals surface area contributed by atoms with Crippen molar-refractivity contribution in [1.29, 1.82) is 0 Å². The first-order valence-electron chi connectivity index (χ1n) is 9.79. The molecule has 1 aromatic heterocycles. The first kappa shape index (κ1) is 18.0. The topological polar surface area (TPSA) is 41.0 Å². The van der Waals surface area contributed by atoms with Gasteiger partial charge in [-0.25, -0.2) is 9.18 Å². The number of hydrogen-bond acceptors (Lipinski definition) is 2. The van der Waals surface area contributed by atoms with E-state index >= 15 is 0 Å². The summed E-state index contributed by atoms with van der Waals surface area (Å²) in [4.78, 5) is 17.8. The molecule has 0 bridgehead atoms. The number of fused-ring (bicyclic) bond motifs is 1. The van der Waals surface area contributed by atoms with Crippen LogP contribution in [0.1, 0.15) is 43.7 Å². The lowest BCUT2D eigenvalue weighted by atomic mass is 9.96. The number of para-hydroxylation sites is 2. The monoisotopic (exact) mass is 367 g/mol. The first-order valence-corrected chi connectivity index (χ1v) is 9.79. The van der Waals surface area contributed by atoms with Crippen molar-refractivity contribution in [3.05, 3.63) is 70.4 Å². The van der Waals surface area contributed by atoms with Gasteiger partial charge in [-0.15, -0.1) is 0 Å². The van der Waals surface area contributed by atoms with Crippen molar-refractivity contribution < 1.29 is 4.39 Å². The van der Waals surface area contributed by atoms with E-state index in [1.165, 1.54) is 17.7 Å². The molecule has 0 saturated carbocycles. The smallest absolute Gasteiger partial charge is 0.306 e. The Bertz CT molecular complexity index is 952. The van der Waals surface area contributed by atoms with Crippen molar-refractivity contribution in [3.8, 4) is 0 Å². The van der Waals surface area contributed by atoms with E-state index in [-0.39, 0.29) is 17.5 Å². The molecule has 2 aromatic carbocycles. The van der Waals surface area contributed by atoms with Gasteiger partial charge in [0.2, 0.25) is 0 Å². The van der Waals surface area contributed by atoms with Gasteiger partial charge in [0.1, 0.15) is 5.82 Å². The van der Waals surface area contributed by atoms with Crippen molar-refractivity contribution in [1.82, 2.24) is 14.5 Å². The second-order valence-electron chi connectivity index (χ2n) is 7.63. The lowest BCUT2D eigenvalue weighted by Gasteiger charge is -2.33. The van der Waals surface area contributed by atoms with Crippen LogP contribution in [0, 0.1) is 5.82 Å². The highest BCUT2D eigenvalue weighted by Crippen LogP contribution is 2.26. The van der Waals surface area contributed by atoms with Gasteiger partial charge in [0.15, 0.2) is 0 Å². The summed E-state index contributed by atoms with van der Waals surface area (Å²) in [5, 5.41) is 0. The Balaban J connectivity index is 1.34. The summed E-state index contributed by atoms with van der Waals surface area (Å²) < 4.78 is 15.0. The Hall–Kier alpha value is -2.40. The largest absolute Gasteiger partial charge is 0.326 e. The molecule has 4 rings (SSSR count). The van der Waals surface area contributed by atoms with Crippen LogP contribution in [0.2, 0.25) is 0 Å². The predicted molar refractivity (Wildman–Crippen MR) is 107 cm³/mol. The maximum atomic E-state index is 13.1. The van der Waals surface area contributed by atoms with Gasteiger partial charge >= 0.3 is 5.69 Å². The molecule has 4 nitrogen and oxygen atoms in total. The number of piperidine rings is 1. The molecule has 142 valence electrons. The summed E-state index contributed by atoms with van der Waals surface area (Å²) in [6.07, 6.45) is 3.04. The van der Waals surface area contributed by atoms with Crippen LogP contribution < -0.4 is 5.69 Å². The Kier molecular flexibility index (Phi) is 5.12. The Morgan fingerprint density at radius 1 is 1.11 bits per heavy atom. The zero-order valence-corrected chi connectivity index (χ0v) is 15.7. The molecule has 1 unspecified atom stereocenters. The standard InChI is InChI=1S/C22H26FN3O/c1-16(17-6-8-18(23)9-7-17)10-13-25-14-11-19(12-15-25)26-21-5-3-2-4-20(21)24-22(26)27/h2-9,16,19H,10-15H2,1H3,(H,24,27). The average molecular weight is 367 g/mol. The van der Waals surface area contributed by atoms with E-state index in [0.717, 1.165) is 49.9 Å². The molecule has 1 atom stereocenters. The van der Waals surface area contributed by atoms with E-state index in [0.29, 0.717) is 5.92 Å². The summed E-state index contributed by atoms with van der Waals surface area (Å²) in [5.74, 6) is 0.236. The maximum Gasteiger partial charge on any atom is 0.326 e. The second-order valence-corrected chi connectivity index (χ2v) is 7.63. The van der Waals surface area contributed by atoms with Crippen molar-refractivity contribution in [2.75, 3.05) is 19.6 Å². The van der Waals surface area contributed by atoms with Crippen LogP contribution in [0.3, 0.4) is 0 Å². The molecule has 1 N–H and O–H groups in total. The number of benzene rings is 2. The number of halogens is 1. The molecule has 2 heterocycles. The van der Waals surface area contributed by atoms with Gasteiger partial charge in [-0.3, -0.25) is 4.57 Å². The van der Waals surface area contributed by atoms with Crippen molar-refractivity contribution in [2.24, 2.45) is 0 Å². The van der Waals surface area contributed by atoms with Crippen LogP contribution in [0.4, 0.5) is 4.39 Å². The van der Waals surface area contributed by atoms with Gasteiger partial charge in [0.05, 0.1) is 11.0 Å². The quantitative estimate of drug-likeness (QED) is 0.730. The molecule has 0 spiro atoms. The van der Waals surface area contributed by atoms with Crippen LogP contribution in [0.25, 0.3) is 11.0 Å². The number of aromatic nitrogens is 2. The lowest BCUT2D eigenvalue weighted by Crippen LogP contribution is -2.37. The average Bonchev–Trinajstić information content (AvgIpc) is 3.03. The molecule has 1 aliphatic heterocycles. The molecule has 27 heavy (non-hydrogen) atoms. The Morgan fingerprint density at radius 2 is 1.81 bits per heavy atom. The molecule has 0 radical (unpaired) electrons. The zero-order valence-electron chi connectivity index (χ0n) is 15.7. The van der Waals surface area contributed by atoms with Crippen LogP contribution in [-0.2, 0) is 0 Å². The van der Waals surface area contributed by atoms with Gasteiger partial charge in [-0.05, 0) is 61.6 Å². The minimum absolute atomic E-state index is 0.000387. The molecule has 1 saturated heterocycles. The van der Waals surface area contributed by atoms with E-state index in [1.54, 1.807) is 0 Å². The van der Waals surface area contributed by atoms with Crippen LogP contribution >= 0.6 is 0 Å². The van der Waals surface area contributed by atoms with Gasteiger partial charge in [0.25, 0.3) is 0 Å². The SMILES string of the molecule is CC(CCN1CCC(n2c(=O)[nH]c3ccccc32)CC1)c1ccc(F)cc1. The third kappa shape index (κ3) is 3.83. The minimum atomic E-state index is -0.180. The van der Waals surface area contributed by atoms with Crippen LogP contribution in [-0.4, -0.2) is 34.1 Å². The number of nitrogens with zero attached hydrogens (tertiary/aromatic N) is 2. The molecule has 3 aromatic rings. The van der Waals surface area contributed by atoms with Gasteiger partial charge in [-0.1, -0.05) is 31.2 Å². The number of rotatable bonds is 5. The zero-order chi connectivity index (χ0) is 18.8. The van der Waals surface area contributed by atoms with Crippen LogP contribution in [0.5, 0.6) is 0 Å². The Morgan fingerprint density at radius 3 is 2.56 bits per heavy atom. The van der Waals surface area contributed by atoms with Crippen molar-refractivity contribution in [2.45, 2.75) is 38.1 Å². The summed E-state index contributed by atoms with van der Waals surface area (Å²) in [6.45, 7) is 5.25. The highest BCUT2D eigenvalue weighted by molar-refractivity contribution is 5.75. The highest BCUT2D eigenvalue weighted by Gasteiger charge is 2.23. The lowest BCUT2D eigenvalue weighted by molar-refractivity contribution is 0.182.